The Morgan fingerprint density at radius 3 is 2.60 bits per heavy atom. The van der Waals surface area contributed by atoms with Crippen LogP contribution in [-0.4, -0.2) is 52.5 Å². The van der Waals surface area contributed by atoms with Gasteiger partial charge in [0, 0.05) is 6.08 Å². The van der Waals surface area contributed by atoms with Crippen molar-refractivity contribution in [2.45, 2.75) is 24.6 Å². The second-order valence-corrected chi connectivity index (χ2v) is 4.43. The average Bonchev–Trinajstić information content (AvgIpc) is 2.47. The Morgan fingerprint density at radius 2 is 1.90 bits per heavy atom. The maximum Gasteiger partial charge on any atom is 0.333 e. The molecule has 1 aliphatic rings. The molecule has 2 rings (SSSR count). The fraction of sp³-hybridized carbons (Fsp3) is 0.357. The van der Waals surface area contributed by atoms with E-state index in [1.54, 1.807) is 6.08 Å². The maximum atomic E-state index is 11.6. The third-order valence-corrected chi connectivity index (χ3v) is 2.90. The van der Waals surface area contributed by atoms with E-state index in [0.717, 1.165) is 5.56 Å². The Hall–Kier alpha value is -1.73. The molecule has 108 valence electrons. The van der Waals surface area contributed by atoms with Gasteiger partial charge in [-0.2, -0.15) is 0 Å². The van der Waals surface area contributed by atoms with E-state index in [1.165, 1.54) is 6.08 Å². The van der Waals surface area contributed by atoms with Gasteiger partial charge in [0.1, 0.15) is 18.3 Å². The summed E-state index contributed by atoms with van der Waals surface area (Å²) in [6.07, 6.45) is -2.61. The van der Waals surface area contributed by atoms with E-state index in [-0.39, 0.29) is 6.61 Å². The van der Waals surface area contributed by atoms with Crippen LogP contribution in [0.25, 0.3) is 6.08 Å². The summed E-state index contributed by atoms with van der Waals surface area (Å²) in [6, 6.07) is 9.15. The van der Waals surface area contributed by atoms with Crippen molar-refractivity contribution in [2.24, 2.45) is 0 Å². The van der Waals surface area contributed by atoms with Gasteiger partial charge in [-0.3, -0.25) is 0 Å². The number of ether oxygens (including phenoxy) is 2. The largest absolute Gasteiger partial charge is 0.430 e. The zero-order valence-electron chi connectivity index (χ0n) is 10.6. The SMILES string of the molecule is O=C(/C=C/c1ccccc1)O[C@@H]1OC[C@@H](O)[C@H](O)[C@H]1O. The summed E-state index contributed by atoms with van der Waals surface area (Å²) in [6.45, 7) is -0.210. The monoisotopic (exact) mass is 280 g/mol. The van der Waals surface area contributed by atoms with Crippen molar-refractivity contribution in [3.63, 3.8) is 0 Å². The summed E-state index contributed by atoms with van der Waals surface area (Å²) < 4.78 is 9.83. The summed E-state index contributed by atoms with van der Waals surface area (Å²) in [4.78, 5) is 11.6. The van der Waals surface area contributed by atoms with E-state index in [4.69, 9.17) is 9.47 Å². The highest BCUT2D eigenvalue weighted by atomic mass is 16.7. The number of carbonyl (C=O) groups excluding carboxylic acids is 1. The van der Waals surface area contributed by atoms with Crippen LogP contribution in [0.15, 0.2) is 36.4 Å². The molecule has 0 unspecified atom stereocenters. The average molecular weight is 280 g/mol. The van der Waals surface area contributed by atoms with Crippen molar-refractivity contribution in [3.05, 3.63) is 42.0 Å². The van der Waals surface area contributed by atoms with Crippen molar-refractivity contribution in [2.75, 3.05) is 6.61 Å². The molecule has 20 heavy (non-hydrogen) atoms. The van der Waals surface area contributed by atoms with Crippen LogP contribution < -0.4 is 0 Å². The van der Waals surface area contributed by atoms with Gasteiger partial charge in [-0.05, 0) is 11.6 Å². The first-order valence-electron chi connectivity index (χ1n) is 6.17. The van der Waals surface area contributed by atoms with Crippen LogP contribution in [0.5, 0.6) is 0 Å². The van der Waals surface area contributed by atoms with Crippen molar-refractivity contribution in [3.8, 4) is 0 Å². The molecule has 1 aliphatic heterocycles. The molecule has 0 bridgehead atoms. The molecule has 1 fully saturated rings. The third-order valence-electron chi connectivity index (χ3n) is 2.90. The first-order valence-corrected chi connectivity index (χ1v) is 6.17. The number of carbonyl (C=O) groups is 1. The molecule has 0 amide bonds. The minimum Gasteiger partial charge on any atom is -0.430 e. The van der Waals surface area contributed by atoms with Gasteiger partial charge < -0.3 is 24.8 Å². The summed E-state index contributed by atoms with van der Waals surface area (Å²) in [7, 11) is 0. The standard InChI is InChI=1S/C14H16O6/c15-10-8-19-14(13(18)12(10)17)20-11(16)7-6-9-4-2-1-3-5-9/h1-7,10,12-15,17-18H,8H2/b7-6+/t10-,12+,13-,14+/m1/s1. The van der Waals surface area contributed by atoms with Gasteiger partial charge in [-0.1, -0.05) is 30.3 Å². The maximum absolute atomic E-state index is 11.6. The van der Waals surface area contributed by atoms with Gasteiger partial charge in [0.05, 0.1) is 6.61 Å². The lowest BCUT2D eigenvalue weighted by Gasteiger charge is -2.34. The first-order chi connectivity index (χ1) is 9.58. The predicted molar refractivity (Wildman–Crippen MR) is 69.3 cm³/mol. The Balaban J connectivity index is 1.90. The van der Waals surface area contributed by atoms with Crippen LogP contribution in [-0.2, 0) is 14.3 Å². The first kappa shape index (κ1) is 14.7. The number of benzene rings is 1. The van der Waals surface area contributed by atoms with Gasteiger partial charge in [0.25, 0.3) is 0 Å². The molecule has 1 heterocycles. The van der Waals surface area contributed by atoms with E-state index in [0.29, 0.717) is 0 Å². The van der Waals surface area contributed by atoms with E-state index in [2.05, 4.69) is 0 Å². The lowest BCUT2D eigenvalue weighted by molar-refractivity contribution is -0.260. The summed E-state index contributed by atoms with van der Waals surface area (Å²) >= 11 is 0. The van der Waals surface area contributed by atoms with Crippen LogP contribution in [0.1, 0.15) is 5.56 Å². The molecular weight excluding hydrogens is 264 g/mol. The fourth-order valence-electron chi connectivity index (χ4n) is 1.77. The number of esters is 1. The number of hydrogen-bond acceptors (Lipinski definition) is 6. The number of hydrogen-bond donors (Lipinski definition) is 3. The molecule has 1 saturated heterocycles. The minimum atomic E-state index is -1.48. The molecule has 6 heteroatoms. The van der Waals surface area contributed by atoms with Crippen LogP contribution in [0.2, 0.25) is 0 Å². The molecule has 0 spiro atoms. The highest BCUT2D eigenvalue weighted by Crippen LogP contribution is 2.17. The highest BCUT2D eigenvalue weighted by Gasteiger charge is 2.39. The molecule has 0 aliphatic carbocycles. The topological polar surface area (TPSA) is 96.2 Å². The van der Waals surface area contributed by atoms with E-state index in [9.17, 15) is 20.1 Å². The van der Waals surface area contributed by atoms with E-state index < -0.39 is 30.6 Å². The highest BCUT2D eigenvalue weighted by molar-refractivity contribution is 5.87. The van der Waals surface area contributed by atoms with E-state index in [1.807, 2.05) is 30.3 Å². The lowest BCUT2D eigenvalue weighted by atomic mass is 10.1. The molecular formula is C14H16O6. The lowest BCUT2D eigenvalue weighted by Crippen LogP contribution is -2.54. The van der Waals surface area contributed by atoms with Crippen molar-refractivity contribution in [1.82, 2.24) is 0 Å². The Labute approximate surface area is 115 Å². The minimum absolute atomic E-state index is 0.210. The van der Waals surface area contributed by atoms with E-state index >= 15 is 0 Å². The van der Waals surface area contributed by atoms with Crippen LogP contribution in [0.4, 0.5) is 0 Å². The van der Waals surface area contributed by atoms with Crippen LogP contribution >= 0.6 is 0 Å². The van der Waals surface area contributed by atoms with Gasteiger partial charge in [-0.15, -0.1) is 0 Å². The molecule has 0 radical (unpaired) electrons. The predicted octanol–water partition coefficient (Wildman–Crippen LogP) is -0.318. The van der Waals surface area contributed by atoms with Gasteiger partial charge >= 0.3 is 5.97 Å². The zero-order chi connectivity index (χ0) is 14.5. The van der Waals surface area contributed by atoms with Crippen molar-refractivity contribution in [1.29, 1.82) is 0 Å². The molecule has 1 aromatic rings. The molecule has 0 aromatic heterocycles. The van der Waals surface area contributed by atoms with Gasteiger partial charge in [0.2, 0.25) is 6.29 Å². The normalized spacial score (nSPS) is 30.4. The molecule has 0 saturated carbocycles. The summed E-state index contributed by atoms with van der Waals surface area (Å²) in [5.41, 5.74) is 0.824. The van der Waals surface area contributed by atoms with Gasteiger partial charge in [-0.25, -0.2) is 4.79 Å². The van der Waals surface area contributed by atoms with Crippen LogP contribution in [0.3, 0.4) is 0 Å². The number of rotatable bonds is 3. The molecule has 3 N–H and O–H groups in total. The van der Waals surface area contributed by atoms with Crippen LogP contribution in [0, 0.1) is 0 Å². The third kappa shape index (κ3) is 3.64. The zero-order valence-corrected chi connectivity index (χ0v) is 10.6. The summed E-state index contributed by atoms with van der Waals surface area (Å²) in [5, 5.41) is 28.3. The summed E-state index contributed by atoms with van der Waals surface area (Å²) in [5.74, 6) is -0.707. The molecule has 4 atom stereocenters. The second kappa shape index (κ2) is 6.62. The smallest absolute Gasteiger partial charge is 0.333 e. The number of aliphatic hydroxyl groups excluding tert-OH is 3. The quantitative estimate of drug-likeness (QED) is 0.519. The number of aliphatic hydroxyl groups is 3. The van der Waals surface area contributed by atoms with Crippen molar-refractivity contribution < 1.29 is 29.6 Å². The fourth-order valence-corrected chi connectivity index (χ4v) is 1.77. The Kier molecular flexibility index (Phi) is 4.86. The van der Waals surface area contributed by atoms with Gasteiger partial charge in [0.15, 0.2) is 0 Å². The molecule has 1 aromatic carbocycles. The molecule has 6 nitrogen and oxygen atoms in total. The Morgan fingerprint density at radius 1 is 1.20 bits per heavy atom. The van der Waals surface area contributed by atoms with Crippen molar-refractivity contribution >= 4 is 12.0 Å². The Bertz CT molecular complexity index is 472. The second-order valence-electron chi connectivity index (χ2n) is 4.43.